The maximum atomic E-state index is 12.4. The number of carbonyl (C=O) groups excluding carboxylic acids is 1. The molecule has 0 N–H and O–H groups in total. The minimum atomic E-state index is 0.110. The highest BCUT2D eigenvalue weighted by Gasteiger charge is 2.13. The average molecular weight is 315 g/mol. The van der Waals surface area contributed by atoms with Gasteiger partial charge in [0.15, 0.2) is 5.16 Å². The first-order valence-electron chi connectivity index (χ1n) is 7.35. The van der Waals surface area contributed by atoms with Crippen LogP contribution in [0.2, 0.25) is 0 Å². The van der Waals surface area contributed by atoms with Crippen LogP contribution < -0.4 is 0 Å². The predicted octanol–water partition coefficient (Wildman–Crippen LogP) is 3.23. The lowest BCUT2D eigenvalue weighted by Gasteiger charge is -2.20. The number of benzene rings is 1. The molecule has 22 heavy (non-hydrogen) atoms. The van der Waals surface area contributed by atoms with E-state index in [4.69, 9.17) is 0 Å². The van der Waals surface area contributed by atoms with Gasteiger partial charge in [0, 0.05) is 24.5 Å². The van der Waals surface area contributed by atoms with Crippen molar-refractivity contribution < 1.29 is 4.79 Å². The minimum Gasteiger partial charge on any atom is -0.338 e. The van der Waals surface area contributed by atoms with Crippen LogP contribution >= 0.6 is 11.8 Å². The Bertz CT molecular complexity index is 611. The molecular formula is C17H21N3OS. The van der Waals surface area contributed by atoms with Gasteiger partial charge in [0.1, 0.15) is 0 Å². The van der Waals surface area contributed by atoms with E-state index in [-0.39, 0.29) is 5.91 Å². The molecule has 0 saturated carbocycles. The summed E-state index contributed by atoms with van der Waals surface area (Å²) >= 11 is 1.40. The number of thioether (sulfide) groups is 1. The quantitative estimate of drug-likeness (QED) is 0.606. The molecule has 0 fully saturated rings. The number of amides is 1. The average Bonchev–Trinajstić information content (AvgIpc) is 2.50. The van der Waals surface area contributed by atoms with Crippen molar-refractivity contribution >= 4 is 17.7 Å². The van der Waals surface area contributed by atoms with Crippen LogP contribution in [0.4, 0.5) is 0 Å². The SMILES string of the molecule is CCN(Cc1ccccc1)C(=O)CSc1nc(C)cc(C)n1. The lowest BCUT2D eigenvalue weighted by molar-refractivity contribution is -0.128. The van der Waals surface area contributed by atoms with Crippen LogP contribution in [0.5, 0.6) is 0 Å². The van der Waals surface area contributed by atoms with Gasteiger partial charge in [-0.15, -0.1) is 0 Å². The highest BCUT2D eigenvalue weighted by Crippen LogP contribution is 2.15. The molecule has 0 saturated heterocycles. The maximum Gasteiger partial charge on any atom is 0.233 e. The highest BCUT2D eigenvalue weighted by atomic mass is 32.2. The van der Waals surface area contributed by atoms with Gasteiger partial charge in [-0.05, 0) is 32.4 Å². The first kappa shape index (κ1) is 16.5. The van der Waals surface area contributed by atoms with Crippen LogP contribution in [-0.4, -0.2) is 33.1 Å². The van der Waals surface area contributed by atoms with Gasteiger partial charge in [0.2, 0.25) is 5.91 Å². The molecule has 5 heteroatoms. The number of carbonyl (C=O) groups is 1. The summed E-state index contributed by atoms with van der Waals surface area (Å²) in [5.74, 6) is 0.475. The summed E-state index contributed by atoms with van der Waals surface area (Å²) in [5, 5.41) is 0.668. The number of aromatic nitrogens is 2. The molecule has 0 aliphatic carbocycles. The zero-order chi connectivity index (χ0) is 15.9. The fourth-order valence-electron chi connectivity index (χ4n) is 2.16. The van der Waals surface area contributed by atoms with E-state index in [2.05, 4.69) is 9.97 Å². The molecule has 0 aliphatic heterocycles. The Morgan fingerprint density at radius 2 is 1.77 bits per heavy atom. The van der Waals surface area contributed by atoms with Crippen LogP contribution in [0.25, 0.3) is 0 Å². The van der Waals surface area contributed by atoms with Crippen LogP contribution in [0, 0.1) is 13.8 Å². The molecule has 0 unspecified atom stereocenters. The molecule has 1 amide bonds. The van der Waals surface area contributed by atoms with E-state index in [0.717, 1.165) is 17.0 Å². The minimum absolute atomic E-state index is 0.110. The van der Waals surface area contributed by atoms with Crippen molar-refractivity contribution in [2.24, 2.45) is 0 Å². The van der Waals surface area contributed by atoms with Gasteiger partial charge in [-0.25, -0.2) is 9.97 Å². The second kappa shape index (κ2) is 7.94. The normalized spacial score (nSPS) is 10.5. The van der Waals surface area contributed by atoms with Crippen LogP contribution in [-0.2, 0) is 11.3 Å². The standard InChI is InChI=1S/C17H21N3OS/c1-4-20(11-15-8-6-5-7-9-15)16(21)12-22-17-18-13(2)10-14(3)19-17/h5-10H,4,11-12H2,1-3H3. The van der Waals surface area contributed by atoms with Gasteiger partial charge >= 0.3 is 0 Å². The second-order valence-electron chi connectivity index (χ2n) is 5.12. The third-order valence-electron chi connectivity index (χ3n) is 3.24. The Balaban J connectivity index is 1.94. The smallest absolute Gasteiger partial charge is 0.233 e. The molecule has 1 heterocycles. The number of nitrogens with zero attached hydrogens (tertiary/aromatic N) is 3. The molecule has 0 atom stereocenters. The van der Waals surface area contributed by atoms with Gasteiger partial charge in [-0.3, -0.25) is 4.79 Å². The van der Waals surface area contributed by atoms with Crippen molar-refractivity contribution in [3.63, 3.8) is 0 Å². The van der Waals surface area contributed by atoms with Crippen LogP contribution in [0.1, 0.15) is 23.9 Å². The largest absolute Gasteiger partial charge is 0.338 e. The lowest BCUT2D eigenvalue weighted by atomic mass is 10.2. The number of aryl methyl sites for hydroxylation is 2. The molecular weight excluding hydrogens is 294 g/mol. The lowest BCUT2D eigenvalue weighted by Crippen LogP contribution is -2.31. The zero-order valence-corrected chi connectivity index (χ0v) is 14.1. The van der Waals surface area contributed by atoms with Crippen LogP contribution in [0.3, 0.4) is 0 Å². The van der Waals surface area contributed by atoms with Crippen molar-refractivity contribution in [2.45, 2.75) is 32.5 Å². The van der Waals surface area contributed by atoms with E-state index in [1.165, 1.54) is 11.8 Å². The summed E-state index contributed by atoms with van der Waals surface area (Å²) in [6.07, 6.45) is 0. The van der Waals surface area contributed by atoms with Crippen molar-refractivity contribution in [3.05, 3.63) is 53.3 Å². The van der Waals surface area contributed by atoms with E-state index in [1.807, 2.05) is 62.1 Å². The Labute approximate surface area is 136 Å². The molecule has 2 rings (SSSR count). The van der Waals surface area contributed by atoms with E-state index in [1.54, 1.807) is 0 Å². The summed E-state index contributed by atoms with van der Waals surface area (Å²) in [6, 6.07) is 12.0. The fraction of sp³-hybridized carbons (Fsp3) is 0.353. The monoisotopic (exact) mass is 315 g/mol. The number of rotatable bonds is 6. The second-order valence-corrected chi connectivity index (χ2v) is 6.06. The summed E-state index contributed by atoms with van der Waals surface area (Å²) in [5.41, 5.74) is 3.00. The van der Waals surface area contributed by atoms with Gasteiger partial charge in [-0.1, -0.05) is 42.1 Å². The van der Waals surface area contributed by atoms with Crippen molar-refractivity contribution in [3.8, 4) is 0 Å². The molecule has 2 aromatic rings. The summed E-state index contributed by atoms with van der Waals surface area (Å²) in [7, 11) is 0. The van der Waals surface area contributed by atoms with Gasteiger partial charge in [0.25, 0.3) is 0 Å². The summed E-state index contributed by atoms with van der Waals surface area (Å²) in [4.78, 5) is 22.9. The number of hydrogen-bond acceptors (Lipinski definition) is 4. The van der Waals surface area contributed by atoms with Crippen LogP contribution in [0.15, 0.2) is 41.6 Å². The first-order valence-corrected chi connectivity index (χ1v) is 8.34. The highest BCUT2D eigenvalue weighted by molar-refractivity contribution is 7.99. The molecule has 1 aromatic heterocycles. The third-order valence-corrected chi connectivity index (χ3v) is 4.07. The van der Waals surface area contributed by atoms with Crippen molar-refractivity contribution in [2.75, 3.05) is 12.3 Å². The van der Waals surface area contributed by atoms with Crippen molar-refractivity contribution in [1.82, 2.24) is 14.9 Å². The fourth-order valence-corrected chi connectivity index (χ4v) is 3.01. The molecule has 0 bridgehead atoms. The Kier molecular flexibility index (Phi) is 5.95. The van der Waals surface area contributed by atoms with E-state index in [0.29, 0.717) is 24.0 Å². The predicted molar refractivity (Wildman–Crippen MR) is 89.8 cm³/mol. The van der Waals surface area contributed by atoms with Gasteiger partial charge in [0.05, 0.1) is 5.75 Å². The van der Waals surface area contributed by atoms with Crippen molar-refractivity contribution in [1.29, 1.82) is 0 Å². The maximum absolute atomic E-state index is 12.4. The first-order chi connectivity index (χ1) is 10.6. The zero-order valence-electron chi connectivity index (χ0n) is 13.2. The Morgan fingerprint density at radius 3 is 2.36 bits per heavy atom. The van der Waals surface area contributed by atoms with E-state index in [9.17, 15) is 4.79 Å². The summed E-state index contributed by atoms with van der Waals surface area (Å²) in [6.45, 7) is 7.22. The molecule has 116 valence electrons. The van der Waals surface area contributed by atoms with E-state index < -0.39 is 0 Å². The third kappa shape index (κ3) is 4.84. The molecule has 4 nitrogen and oxygen atoms in total. The molecule has 0 spiro atoms. The molecule has 1 aromatic carbocycles. The van der Waals surface area contributed by atoms with E-state index >= 15 is 0 Å². The topological polar surface area (TPSA) is 46.1 Å². The molecule has 0 radical (unpaired) electrons. The summed E-state index contributed by atoms with van der Waals surface area (Å²) < 4.78 is 0. The van der Waals surface area contributed by atoms with Gasteiger partial charge in [-0.2, -0.15) is 0 Å². The molecule has 0 aliphatic rings. The Hall–Kier alpha value is -1.88. The Morgan fingerprint density at radius 1 is 1.14 bits per heavy atom. The number of hydrogen-bond donors (Lipinski definition) is 0. The van der Waals surface area contributed by atoms with Gasteiger partial charge < -0.3 is 4.90 Å².